The lowest BCUT2D eigenvalue weighted by atomic mass is 10.1. The number of nitrogens with one attached hydrogen (secondary N) is 2. The van der Waals surface area contributed by atoms with Crippen LogP contribution in [0.2, 0.25) is 5.02 Å². The Morgan fingerprint density at radius 2 is 1.76 bits per heavy atom. The van der Waals surface area contributed by atoms with Gasteiger partial charge in [-0.25, -0.2) is 4.79 Å². The van der Waals surface area contributed by atoms with E-state index in [1.54, 1.807) is 0 Å². The van der Waals surface area contributed by atoms with Crippen molar-refractivity contribution in [2.45, 2.75) is 26.2 Å². The monoisotopic (exact) mass is 418 g/mol. The highest BCUT2D eigenvalue weighted by Crippen LogP contribution is 2.15. The van der Waals surface area contributed by atoms with Crippen LogP contribution in [0, 0.1) is 10.1 Å². The molecule has 2 aromatic carbocycles. The topological polar surface area (TPSA) is 87.5 Å². The molecule has 0 aliphatic rings. The van der Waals surface area contributed by atoms with Crippen molar-refractivity contribution in [3.63, 3.8) is 0 Å². The van der Waals surface area contributed by atoms with Crippen LogP contribution in [0.5, 0.6) is 0 Å². The van der Waals surface area contributed by atoms with E-state index in [4.69, 9.17) is 11.6 Å². The number of unbranched alkanes of at least 4 members (excludes halogenated alkanes) is 1. The lowest BCUT2D eigenvalue weighted by Gasteiger charge is -2.20. The predicted molar refractivity (Wildman–Crippen MR) is 117 cm³/mol. The molecule has 0 unspecified atom stereocenters. The fourth-order valence-electron chi connectivity index (χ4n) is 2.87. The van der Waals surface area contributed by atoms with Crippen molar-refractivity contribution in [1.82, 2.24) is 10.2 Å². The zero-order chi connectivity index (χ0) is 21.1. The maximum atomic E-state index is 11.9. The van der Waals surface area contributed by atoms with Crippen LogP contribution in [-0.2, 0) is 6.42 Å². The number of urea groups is 1. The van der Waals surface area contributed by atoms with Gasteiger partial charge in [-0.05, 0) is 62.2 Å². The lowest BCUT2D eigenvalue weighted by Crippen LogP contribution is -2.31. The number of amides is 2. The third kappa shape index (κ3) is 8.50. The molecule has 2 aromatic rings. The van der Waals surface area contributed by atoms with E-state index in [1.807, 2.05) is 12.1 Å². The Morgan fingerprint density at radius 3 is 2.38 bits per heavy atom. The number of nitro benzene ring substituents is 1. The van der Waals surface area contributed by atoms with E-state index >= 15 is 0 Å². The second-order valence-corrected chi connectivity index (χ2v) is 7.14. The van der Waals surface area contributed by atoms with Gasteiger partial charge in [0, 0.05) is 35.9 Å². The van der Waals surface area contributed by atoms with Gasteiger partial charge in [0.25, 0.3) is 5.69 Å². The Labute approximate surface area is 176 Å². The van der Waals surface area contributed by atoms with Gasteiger partial charge < -0.3 is 15.5 Å². The third-order valence-electron chi connectivity index (χ3n) is 4.60. The first-order valence-electron chi connectivity index (χ1n) is 9.74. The van der Waals surface area contributed by atoms with Gasteiger partial charge in [-0.15, -0.1) is 0 Å². The highest BCUT2D eigenvalue weighted by Gasteiger charge is 2.07. The van der Waals surface area contributed by atoms with Gasteiger partial charge in [0.05, 0.1) is 4.92 Å². The van der Waals surface area contributed by atoms with E-state index in [0.717, 1.165) is 43.9 Å². The molecule has 0 fully saturated rings. The summed E-state index contributed by atoms with van der Waals surface area (Å²) in [6.07, 6.45) is 2.86. The second-order valence-electron chi connectivity index (χ2n) is 6.70. The Hall–Kier alpha value is -2.64. The van der Waals surface area contributed by atoms with E-state index in [1.165, 1.54) is 29.8 Å². The Kier molecular flexibility index (Phi) is 9.40. The lowest BCUT2D eigenvalue weighted by molar-refractivity contribution is -0.384. The summed E-state index contributed by atoms with van der Waals surface area (Å²) in [7, 11) is 0. The minimum atomic E-state index is -0.473. The summed E-state index contributed by atoms with van der Waals surface area (Å²) >= 11 is 5.92. The van der Waals surface area contributed by atoms with Crippen LogP contribution in [0.15, 0.2) is 48.5 Å². The fourth-order valence-corrected chi connectivity index (χ4v) is 3.00. The van der Waals surface area contributed by atoms with E-state index in [2.05, 4.69) is 34.6 Å². The third-order valence-corrected chi connectivity index (χ3v) is 4.85. The molecule has 2 rings (SSSR count). The number of carbonyl (C=O) groups excluding carboxylic acids is 1. The number of rotatable bonds is 11. The summed E-state index contributed by atoms with van der Waals surface area (Å²) in [6.45, 7) is 5.69. The van der Waals surface area contributed by atoms with Gasteiger partial charge in [0.15, 0.2) is 0 Å². The molecule has 0 saturated carbocycles. The predicted octanol–water partition coefficient (Wildman–Crippen LogP) is 4.71. The summed E-state index contributed by atoms with van der Waals surface area (Å²) in [6, 6.07) is 13.4. The Bertz CT molecular complexity index is 782. The van der Waals surface area contributed by atoms with Crippen molar-refractivity contribution in [3.8, 4) is 0 Å². The number of anilines is 1. The average Bonchev–Trinajstić information content (AvgIpc) is 2.71. The van der Waals surface area contributed by atoms with Crippen molar-refractivity contribution in [2.75, 3.05) is 31.5 Å². The molecule has 0 radical (unpaired) electrons. The minimum Gasteiger partial charge on any atom is -0.338 e. The van der Waals surface area contributed by atoms with Crippen LogP contribution in [0.4, 0.5) is 16.2 Å². The Morgan fingerprint density at radius 1 is 1.07 bits per heavy atom. The van der Waals surface area contributed by atoms with Crippen LogP contribution < -0.4 is 10.6 Å². The molecule has 0 saturated heterocycles. The molecule has 0 bridgehead atoms. The van der Waals surface area contributed by atoms with Crippen LogP contribution in [0.25, 0.3) is 0 Å². The first-order chi connectivity index (χ1) is 14.0. The summed E-state index contributed by atoms with van der Waals surface area (Å²) in [5.41, 5.74) is 1.79. The molecule has 8 heteroatoms. The highest BCUT2D eigenvalue weighted by atomic mass is 35.5. The molecule has 0 aliphatic heterocycles. The number of hydrogen-bond donors (Lipinski definition) is 2. The van der Waals surface area contributed by atoms with Crippen molar-refractivity contribution >= 4 is 29.0 Å². The molecule has 0 spiro atoms. The minimum absolute atomic E-state index is 0.00695. The average molecular weight is 419 g/mol. The van der Waals surface area contributed by atoms with Gasteiger partial charge in [-0.1, -0.05) is 30.7 Å². The number of carbonyl (C=O) groups is 1. The highest BCUT2D eigenvalue weighted by molar-refractivity contribution is 6.30. The molecule has 0 aliphatic carbocycles. The number of nitro groups is 1. The maximum Gasteiger partial charge on any atom is 0.319 e. The van der Waals surface area contributed by atoms with E-state index in [0.29, 0.717) is 12.2 Å². The van der Waals surface area contributed by atoms with Crippen LogP contribution in [0.3, 0.4) is 0 Å². The van der Waals surface area contributed by atoms with Crippen molar-refractivity contribution in [1.29, 1.82) is 0 Å². The van der Waals surface area contributed by atoms with Crippen LogP contribution in [0.1, 0.15) is 25.3 Å². The summed E-state index contributed by atoms with van der Waals surface area (Å²) in [5, 5.41) is 16.9. The number of hydrogen-bond acceptors (Lipinski definition) is 4. The molecule has 156 valence electrons. The molecule has 0 aromatic heterocycles. The summed E-state index contributed by atoms with van der Waals surface area (Å²) in [5.74, 6) is 0. The molecular weight excluding hydrogens is 392 g/mol. The second kappa shape index (κ2) is 12.0. The first kappa shape index (κ1) is 22.6. The van der Waals surface area contributed by atoms with Crippen molar-refractivity contribution in [3.05, 3.63) is 69.2 Å². The van der Waals surface area contributed by atoms with Crippen LogP contribution >= 0.6 is 11.6 Å². The molecular formula is C21H27ClN4O3. The van der Waals surface area contributed by atoms with Crippen molar-refractivity contribution < 1.29 is 9.72 Å². The zero-order valence-corrected chi connectivity index (χ0v) is 17.3. The van der Waals surface area contributed by atoms with Crippen LogP contribution in [-0.4, -0.2) is 42.0 Å². The van der Waals surface area contributed by atoms with E-state index in [-0.39, 0.29) is 11.7 Å². The first-order valence-corrected chi connectivity index (χ1v) is 10.1. The molecule has 2 N–H and O–H groups in total. The smallest absolute Gasteiger partial charge is 0.319 e. The largest absolute Gasteiger partial charge is 0.338 e. The SMILES string of the molecule is CCN(CCCCNC(=O)Nc1ccc([N+](=O)[O-])cc1)CCc1ccc(Cl)cc1. The number of non-ortho nitro benzene ring substituents is 1. The summed E-state index contributed by atoms with van der Waals surface area (Å²) < 4.78 is 0. The van der Waals surface area contributed by atoms with Gasteiger partial charge in [0.1, 0.15) is 0 Å². The van der Waals surface area contributed by atoms with Gasteiger partial charge >= 0.3 is 6.03 Å². The normalized spacial score (nSPS) is 10.7. The molecule has 7 nitrogen and oxygen atoms in total. The van der Waals surface area contributed by atoms with Gasteiger partial charge in [0.2, 0.25) is 0 Å². The summed E-state index contributed by atoms with van der Waals surface area (Å²) in [4.78, 5) is 24.4. The van der Waals surface area contributed by atoms with E-state index < -0.39 is 4.92 Å². The van der Waals surface area contributed by atoms with Gasteiger partial charge in [-0.2, -0.15) is 0 Å². The fraction of sp³-hybridized carbons (Fsp3) is 0.381. The molecule has 29 heavy (non-hydrogen) atoms. The quantitative estimate of drug-likeness (QED) is 0.314. The maximum absolute atomic E-state index is 11.9. The van der Waals surface area contributed by atoms with Crippen molar-refractivity contribution in [2.24, 2.45) is 0 Å². The standard InChI is InChI=1S/C21H27ClN4O3/c1-2-25(16-13-17-5-7-18(22)8-6-17)15-4-3-14-23-21(27)24-19-9-11-20(12-10-19)26(28)29/h5-12H,2-4,13-16H2,1H3,(H2,23,24,27). The zero-order valence-electron chi connectivity index (χ0n) is 16.6. The van der Waals surface area contributed by atoms with E-state index in [9.17, 15) is 14.9 Å². The van der Waals surface area contributed by atoms with Gasteiger partial charge in [-0.3, -0.25) is 10.1 Å². The number of benzene rings is 2. The number of nitrogens with zero attached hydrogens (tertiary/aromatic N) is 2. The number of likely N-dealkylation sites (N-methyl/N-ethyl adjacent to an activating group) is 1. The molecule has 0 atom stereocenters. The molecule has 0 heterocycles. The molecule has 2 amide bonds. The number of halogens is 1. The Balaban J connectivity index is 1.60.